The predicted molar refractivity (Wildman–Crippen MR) is 102 cm³/mol. The Bertz CT molecular complexity index is 948. The van der Waals surface area contributed by atoms with E-state index in [-0.39, 0.29) is 11.9 Å². The van der Waals surface area contributed by atoms with Crippen LogP contribution >= 0.6 is 0 Å². The molecule has 0 saturated carbocycles. The lowest BCUT2D eigenvalue weighted by atomic mass is 10.1. The summed E-state index contributed by atoms with van der Waals surface area (Å²) in [6.45, 7) is 4.76. The molecule has 0 aliphatic carbocycles. The van der Waals surface area contributed by atoms with Crippen LogP contribution in [0.2, 0.25) is 0 Å². The van der Waals surface area contributed by atoms with Gasteiger partial charge in [-0.1, -0.05) is 30.3 Å². The van der Waals surface area contributed by atoms with E-state index in [0.717, 1.165) is 59.8 Å². The second-order valence-corrected chi connectivity index (χ2v) is 6.82. The average molecular weight is 349 g/mol. The van der Waals surface area contributed by atoms with Gasteiger partial charge in [0.05, 0.1) is 11.4 Å². The summed E-state index contributed by atoms with van der Waals surface area (Å²) in [6, 6.07) is 11.8. The molecule has 6 nitrogen and oxygen atoms in total. The first-order chi connectivity index (χ1) is 12.6. The number of aromatic nitrogens is 3. The number of carbonyl (C=O) groups excluding carboxylic acids is 1. The van der Waals surface area contributed by atoms with Crippen molar-refractivity contribution >= 4 is 17.4 Å². The maximum atomic E-state index is 12.4. The topological polar surface area (TPSA) is 71.3 Å². The largest absolute Gasteiger partial charge is 0.358 e. The maximum absolute atomic E-state index is 12.4. The normalized spacial score (nSPS) is 17.8. The molecular formula is C20H23N5O. The highest BCUT2D eigenvalue weighted by Crippen LogP contribution is 2.25. The van der Waals surface area contributed by atoms with Gasteiger partial charge in [-0.3, -0.25) is 4.79 Å². The van der Waals surface area contributed by atoms with E-state index in [0.29, 0.717) is 0 Å². The number of hydrogen-bond donors (Lipinski definition) is 2. The average Bonchev–Trinajstić information content (AvgIpc) is 2.81. The Morgan fingerprint density at radius 3 is 2.81 bits per heavy atom. The molecule has 4 rings (SSSR count). The van der Waals surface area contributed by atoms with Crippen LogP contribution in [-0.2, 0) is 4.79 Å². The number of rotatable bonds is 3. The first-order valence-electron chi connectivity index (χ1n) is 9.10. The van der Waals surface area contributed by atoms with Crippen LogP contribution in [0.5, 0.6) is 0 Å². The number of hydrogen-bond acceptors (Lipinski definition) is 4. The highest BCUT2D eigenvalue weighted by Gasteiger charge is 2.22. The molecule has 1 aliphatic heterocycles. The van der Waals surface area contributed by atoms with Gasteiger partial charge >= 0.3 is 0 Å². The van der Waals surface area contributed by atoms with Gasteiger partial charge in [0.1, 0.15) is 11.9 Å². The molecule has 1 aliphatic rings. The molecule has 0 spiro atoms. The summed E-state index contributed by atoms with van der Waals surface area (Å²) in [5, 5.41) is 11.0. The van der Waals surface area contributed by atoms with Crippen molar-refractivity contribution in [3.63, 3.8) is 0 Å². The summed E-state index contributed by atoms with van der Waals surface area (Å²) < 4.78 is 1.81. The third-order valence-corrected chi connectivity index (χ3v) is 4.98. The number of benzene rings is 1. The minimum atomic E-state index is -0.253. The lowest BCUT2D eigenvalue weighted by molar-refractivity contribution is -0.121. The smallest absolute Gasteiger partial charge is 0.242 e. The second kappa shape index (κ2) is 6.78. The van der Waals surface area contributed by atoms with E-state index in [1.54, 1.807) is 0 Å². The number of aryl methyl sites for hydroxylation is 2. The van der Waals surface area contributed by atoms with E-state index in [2.05, 4.69) is 15.7 Å². The van der Waals surface area contributed by atoms with Crippen molar-refractivity contribution in [3.05, 3.63) is 47.7 Å². The Balaban J connectivity index is 1.81. The molecule has 134 valence electrons. The zero-order chi connectivity index (χ0) is 18.1. The van der Waals surface area contributed by atoms with Gasteiger partial charge in [0.25, 0.3) is 0 Å². The number of anilines is 1. The molecule has 0 unspecified atom stereocenters. The van der Waals surface area contributed by atoms with E-state index in [9.17, 15) is 4.79 Å². The predicted octanol–water partition coefficient (Wildman–Crippen LogP) is 3.09. The quantitative estimate of drug-likeness (QED) is 0.762. The molecule has 2 N–H and O–H groups in total. The summed E-state index contributed by atoms with van der Waals surface area (Å²) in [7, 11) is 0. The molecule has 3 heterocycles. The van der Waals surface area contributed by atoms with Crippen molar-refractivity contribution in [1.29, 1.82) is 0 Å². The SMILES string of the molecule is Cc1nn2c(N[C@@H]3CCCCNC3=O)cc(-c3ccccc3)nc2c1C. The van der Waals surface area contributed by atoms with Crippen LogP contribution in [0.1, 0.15) is 30.5 Å². The molecule has 26 heavy (non-hydrogen) atoms. The van der Waals surface area contributed by atoms with Gasteiger partial charge in [-0.2, -0.15) is 9.61 Å². The molecule has 3 aromatic rings. The van der Waals surface area contributed by atoms with Crippen molar-refractivity contribution in [3.8, 4) is 11.3 Å². The van der Waals surface area contributed by atoms with Gasteiger partial charge in [-0.15, -0.1) is 0 Å². The summed E-state index contributed by atoms with van der Waals surface area (Å²) >= 11 is 0. The van der Waals surface area contributed by atoms with Gasteiger partial charge in [-0.25, -0.2) is 4.98 Å². The highest BCUT2D eigenvalue weighted by molar-refractivity contribution is 5.85. The number of carbonyl (C=O) groups is 1. The number of nitrogens with zero attached hydrogens (tertiary/aromatic N) is 3. The van der Waals surface area contributed by atoms with Crippen LogP contribution in [0.3, 0.4) is 0 Å². The molecule has 1 atom stereocenters. The zero-order valence-electron chi connectivity index (χ0n) is 15.1. The van der Waals surface area contributed by atoms with Gasteiger partial charge in [0.2, 0.25) is 5.91 Å². The standard InChI is InChI=1S/C20H23N5O/c1-13-14(2)24-25-18(22-16-10-6-7-11-21-20(16)26)12-17(23-19(13)25)15-8-4-3-5-9-15/h3-5,8-9,12,16,22H,6-7,10-11H2,1-2H3,(H,21,26)/t16-/m1/s1. The Morgan fingerprint density at radius 1 is 1.19 bits per heavy atom. The second-order valence-electron chi connectivity index (χ2n) is 6.82. The fourth-order valence-electron chi connectivity index (χ4n) is 3.34. The van der Waals surface area contributed by atoms with E-state index in [4.69, 9.17) is 4.98 Å². The van der Waals surface area contributed by atoms with E-state index in [1.807, 2.05) is 54.8 Å². The monoisotopic (exact) mass is 349 g/mol. The van der Waals surface area contributed by atoms with Crippen molar-refractivity contribution in [1.82, 2.24) is 19.9 Å². The van der Waals surface area contributed by atoms with Crippen molar-refractivity contribution in [2.45, 2.75) is 39.2 Å². The number of nitrogens with one attached hydrogen (secondary N) is 2. The van der Waals surface area contributed by atoms with Crippen molar-refractivity contribution in [2.75, 3.05) is 11.9 Å². The van der Waals surface area contributed by atoms with Gasteiger partial charge in [-0.05, 0) is 33.1 Å². The number of fused-ring (bicyclic) bond motifs is 1. The zero-order valence-corrected chi connectivity index (χ0v) is 15.1. The van der Waals surface area contributed by atoms with Crippen molar-refractivity contribution in [2.24, 2.45) is 0 Å². The molecule has 0 radical (unpaired) electrons. The summed E-state index contributed by atoms with van der Waals surface area (Å²) in [5.74, 6) is 0.849. The molecular weight excluding hydrogens is 326 g/mol. The summed E-state index contributed by atoms with van der Waals surface area (Å²) in [6.07, 6.45) is 2.85. The van der Waals surface area contributed by atoms with Crippen LogP contribution in [0.25, 0.3) is 16.9 Å². The van der Waals surface area contributed by atoms with Crippen LogP contribution in [0.4, 0.5) is 5.82 Å². The first-order valence-corrected chi connectivity index (χ1v) is 9.10. The third-order valence-electron chi connectivity index (χ3n) is 4.98. The summed E-state index contributed by atoms with van der Waals surface area (Å²) in [5.41, 5.74) is 4.73. The van der Waals surface area contributed by atoms with Gasteiger partial charge in [0, 0.05) is 23.7 Å². The van der Waals surface area contributed by atoms with Gasteiger partial charge in [0.15, 0.2) is 5.65 Å². The fourth-order valence-corrected chi connectivity index (χ4v) is 3.34. The molecule has 6 heteroatoms. The van der Waals surface area contributed by atoms with Crippen LogP contribution in [0, 0.1) is 13.8 Å². The molecule has 1 fully saturated rings. The minimum absolute atomic E-state index is 0.0503. The Morgan fingerprint density at radius 2 is 2.00 bits per heavy atom. The lowest BCUT2D eigenvalue weighted by Gasteiger charge is -2.18. The molecule has 1 saturated heterocycles. The molecule has 0 bridgehead atoms. The Kier molecular flexibility index (Phi) is 4.32. The molecule has 1 aromatic carbocycles. The van der Waals surface area contributed by atoms with E-state index in [1.165, 1.54) is 0 Å². The first kappa shape index (κ1) is 16.6. The summed E-state index contributed by atoms with van der Waals surface area (Å²) in [4.78, 5) is 17.2. The van der Waals surface area contributed by atoms with Crippen LogP contribution < -0.4 is 10.6 Å². The fraction of sp³-hybridized carbons (Fsp3) is 0.350. The molecule has 2 aromatic heterocycles. The van der Waals surface area contributed by atoms with E-state index >= 15 is 0 Å². The van der Waals surface area contributed by atoms with Gasteiger partial charge < -0.3 is 10.6 Å². The van der Waals surface area contributed by atoms with Crippen molar-refractivity contribution < 1.29 is 4.79 Å². The van der Waals surface area contributed by atoms with Crippen LogP contribution in [0.15, 0.2) is 36.4 Å². The Labute approximate surface area is 152 Å². The Hall–Kier alpha value is -2.89. The van der Waals surface area contributed by atoms with Crippen LogP contribution in [-0.4, -0.2) is 33.1 Å². The highest BCUT2D eigenvalue weighted by atomic mass is 16.2. The minimum Gasteiger partial charge on any atom is -0.358 e. The van der Waals surface area contributed by atoms with E-state index < -0.39 is 0 Å². The third kappa shape index (κ3) is 3.03. The molecule has 1 amide bonds. The number of amides is 1. The lowest BCUT2D eigenvalue weighted by Crippen LogP contribution is -2.38. The maximum Gasteiger partial charge on any atom is 0.242 e.